The predicted octanol–water partition coefficient (Wildman–Crippen LogP) is 2.98. The SMILES string of the molecule is CNc1ncccc1C(=O)Nc1ccccc1I. The Labute approximate surface area is 119 Å². The van der Waals surface area contributed by atoms with E-state index in [0.29, 0.717) is 11.4 Å². The Morgan fingerprint density at radius 1 is 1.22 bits per heavy atom. The van der Waals surface area contributed by atoms with Crippen LogP contribution in [0.4, 0.5) is 11.5 Å². The highest BCUT2D eigenvalue weighted by Gasteiger charge is 2.12. The van der Waals surface area contributed by atoms with Crippen LogP contribution < -0.4 is 10.6 Å². The van der Waals surface area contributed by atoms with E-state index in [0.717, 1.165) is 9.26 Å². The van der Waals surface area contributed by atoms with Gasteiger partial charge in [0.1, 0.15) is 5.82 Å². The highest BCUT2D eigenvalue weighted by atomic mass is 127. The predicted molar refractivity (Wildman–Crippen MR) is 80.9 cm³/mol. The number of anilines is 2. The number of para-hydroxylation sites is 1. The highest BCUT2D eigenvalue weighted by Crippen LogP contribution is 2.19. The number of carbonyl (C=O) groups excluding carboxylic acids is 1. The average Bonchev–Trinajstić information content (AvgIpc) is 2.41. The first-order valence-electron chi connectivity index (χ1n) is 5.41. The molecule has 0 aliphatic rings. The lowest BCUT2D eigenvalue weighted by Gasteiger charge is -2.09. The minimum absolute atomic E-state index is 0.170. The van der Waals surface area contributed by atoms with Gasteiger partial charge in [0.25, 0.3) is 5.91 Å². The van der Waals surface area contributed by atoms with Gasteiger partial charge in [0.15, 0.2) is 0 Å². The molecule has 1 heterocycles. The van der Waals surface area contributed by atoms with E-state index >= 15 is 0 Å². The monoisotopic (exact) mass is 353 g/mol. The topological polar surface area (TPSA) is 54.0 Å². The van der Waals surface area contributed by atoms with Crippen LogP contribution in [-0.2, 0) is 0 Å². The van der Waals surface area contributed by atoms with Gasteiger partial charge in [-0.15, -0.1) is 0 Å². The smallest absolute Gasteiger partial charge is 0.259 e. The summed E-state index contributed by atoms with van der Waals surface area (Å²) in [6.07, 6.45) is 1.65. The molecule has 18 heavy (non-hydrogen) atoms. The van der Waals surface area contributed by atoms with Crippen molar-refractivity contribution in [2.75, 3.05) is 17.7 Å². The fraction of sp³-hybridized carbons (Fsp3) is 0.0769. The lowest BCUT2D eigenvalue weighted by Crippen LogP contribution is -2.15. The van der Waals surface area contributed by atoms with E-state index < -0.39 is 0 Å². The zero-order valence-electron chi connectivity index (χ0n) is 9.77. The molecule has 2 rings (SSSR count). The summed E-state index contributed by atoms with van der Waals surface area (Å²) in [5.41, 5.74) is 1.33. The van der Waals surface area contributed by atoms with Gasteiger partial charge in [-0.05, 0) is 46.9 Å². The maximum atomic E-state index is 12.2. The van der Waals surface area contributed by atoms with Gasteiger partial charge in [0, 0.05) is 16.8 Å². The Hall–Kier alpha value is -1.63. The summed E-state index contributed by atoms with van der Waals surface area (Å²) in [6.45, 7) is 0. The number of rotatable bonds is 3. The number of nitrogens with zero attached hydrogens (tertiary/aromatic N) is 1. The van der Waals surface area contributed by atoms with Crippen LogP contribution >= 0.6 is 22.6 Å². The molecular weight excluding hydrogens is 341 g/mol. The molecule has 0 spiro atoms. The number of aromatic nitrogens is 1. The van der Waals surface area contributed by atoms with Gasteiger partial charge in [-0.2, -0.15) is 0 Å². The number of benzene rings is 1. The average molecular weight is 353 g/mol. The van der Waals surface area contributed by atoms with Crippen molar-refractivity contribution in [1.29, 1.82) is 0 Å². The van der Waals surface area contributed by atoms with Crippen LogP contribution in [0.1, 0.15) is 10.4 Å². The third kappa shape index (κ3) is 2.79. The Balaban J connectivity index is 2.25. The molecule has 5 heteroatoms. The number of nitrogens with one attached hydrogen (secondary N) is 2. The van der Waals surface area contributed by atoms with Crippen LogP contribution in [0, 0.1) is 3.57 Å². The van der Waals surface area contributed by atoms with Gasteiger partial charge in [0.2, 0.25) is 0 Å². The molecule has 1 aromatic carbocycles. The van der Waals surface area contributed by atoms with Crippen LogP contribution in [0.15, 0.2) is 42.6 Å². The number of hydrogen-bond donors (Lipinski definition) is 2. The summed E-state index contributed by atoms with van der Waals surface area (Å²) in [4.78, 5) is 16.3. The first kappa shape index (κ1) is 12.8. The second-order valence-electron chi connectivity index (χ2n) is 3.58. The minimum Gasteiger partial charge on any atom is -0.372 e. The standard InChI is InChI=1S/C13H12IN3O/c1-15-12-9(5-4-8-16-12)13(18)17-11-7-3-2-6-10(11)14/h2-8H,1H3,(H,15,16)(H,17,18). The van der Waals surface area contributed by atoms with E-state index in [1.807, 2.05) is 24.3 Å². The van der Waals surface area contributed by atoms with E-state index in [2.05, 4.69) is 38.2 Å². The number of hydrogen-bond acceptors (Lipinski definition) is 3. The van der Waals surface area contributed by atoms with E-state index in [1.165, 1.54) is 0 Å². The van der Waals surface area contributed by atoms with Crippen molar-refractivity contribution in [2.45, 2.75) is 0 Å². The molecule has 0 aliphatic heterocycles. The molecule has 0 bridgehead atoms. The number of halogens is 1. The minimum atomic E-state index is -0.170. The Morgan fingerprint density at radius 2 is 2.00 bits per heavy atom. The molecule has 1 amide bonds. The van der Waals surface area contributed by atoms with Crippen LogP contribution in [0.25, 0.3) is 0 Å². The van der Waals surface area contributed by atoms with Gasteiger partial charge in [-0.25, -0.2) is 4.98 Å². The van der Waals surface area contributed by atoms with Crippen molar-refractivity contribution in [3.05, 3.63) is 51.7 Å². The second-order valence-corrected chi connectivity index (χ2v) is 4.75. The summed E-state index contributed by atoms with van der Waals surface area (Å²) in [6, 6.07) is 11.1. The number of carbonyl (C=O) groups is 1. The van der Waals surface area contributed by atoms with Gasteiger partial charge in [-0.1, -0.05) is 12.1 Å². The van der Waals surface area contributed by atoms with E-state index in [9.17, 15) is 4.79 Å². The Kier molecular flexibility index (Phi) is 4.14. The van der Waals surface area contributed by atoms with E-state index in [1.54, 1.807) is 25.4 Å². The number of amides is 1. The first-order chi connectivity index (χ1) is 8.72. The summed E-state index contributed by atoms with van der Waals surface area (Å²) in [7, 11) is 1.74. The summed E-state index contributed by atoms with van der Waals surface area (Å²) in [5.74, 6) is 0.400. The largest absolute Gasteiger partial charge is 0.372 e. The third-order valence-electron chi connectivity index (χ3n) is 2.41. The molecule has 0 aliphatic carbocycles. The van der Waals surface area contributed by atoms with Crippen molar-refractivity contribution < 1.29 is 4.79 Å². The van der Waals surface area contributed by atoms with Gasteiger partial charge < -0.3 is 10.6 Å². The van der Waals surface area contributed by atoms with Crippen LogP contribution in [-0.4, -0.2) is 17.9 Å². The maximum Gasteiger partial charge on any atom is 0.259 e. The first-order valence-corrected chi connectivity index (χ1v) is 6.49. The molecule has 2 N–H and O–H groups in total. The molecule has 0 radical (unpaired) electrons. The van der Waals surface area contributed by atoms with Crippen molar-refractivity contribution in [3.8, 4) is 0 Å². The quantitative estimate of drug-likeness (QED) is 0.835. The van der Waals surface area contributed by atoms with Crippen molar-refractivity contribution in [2.24, 2.45) is 0 Å². The molecule has 0 unspecified atom stereocenters. The molecule has 0 fully saturated rings. The lowest BCUT2D eigenvalue weighted by molar-refractivity contribution is 0.102. The second kappa shape index (κ2) is 5.81. The molecule has 1 aromatic heterocycles. The van der Waals surface area contributed by atoms with Crippen molar-refractivity contribution in [1.82, 2.24) is 4.98 Å². The highest BCUT2D eigenvalue weighted by molar-refractivity contribution is 14.1. The molecule has 0 saturated heterocycles. The molecule has 92 valence electrons. The maximum absolute atomic E-state index is 12.2. The normalized spacial score (nSPS) is 9.89. The van der Waals surface area contributed by atoms with Gasteiger partial charge >= 0.3 is 0 Å². The summed E-state index contributed by atoms with van der Waals surface area (Å²) >= 11 is 2.19. The summed E-state index contributed by atoms with van der Waals surface area (Å²) < 4.78 is 0.998. The fourth-order valence-electron chi connectivity index (χ4n) is 1.54. The van der Waals surface area contributed by atoms with Gasteiger partial charge in [0.05, 0.1) is 11.3 Å². The zero-order valence-corrected chi connectivity index (χ0v) is 11.9. The van der Waals surface area contributed by atoms with Gasteiger partial charge in [-0.3, -0.25) is 4.79 Å². The molecular formula is C13H12IN3O. The number of pyridine rings is 1. The third-order valence-corrected chi connectivity index (χ3v) is 3.35. The zero-order chi connectivity index (χ0) is 13.0. The van der Waals surface area contributed by atoms with Crippen LogP contribution in [0.5, 0.6) is 0 Å². The van der Waals surface area contributed by atoms with Crippen LogP contribution in [0.2, 0.25) is 0 Å². The van der Waals surface area contributed by atoms with Crippen molar-refractivity contribution in [3.63, 3.8) is 0 Å². The Bertz CT molecular complexity index is 572. The Morgan fingerprint density at radius 3 is 2.72 bits per heavy atom. The molecule has 0 atom stereocenters. The molecule has 2 aromatic rings. The summed E-state index contributed by atoms with van der Waals surface area (Å²) in [5, 5.41) is 5.78. The van der Waals surface area contributed by atoms with E-state index in [4.69, 9.17) is 0 Å². The molecule has 0 saturated carbocycles. The van der Waals surface area contributed by atoms with E-state index in [-0.39, 0.29) is 5.91 Å². The van der Waals surface area contributed by atoms with Crippen molar-refractivity contribution >= 4 is 40.0 Å². The fourth-order valence-corrected chi connectivity index (χ4v) is 2.06. The van der Waals surface area contributed by atoms with Crippen LogP contribution in [0.3, 0.4) is 0 Å². The lowest BCUT2D eigenvalue weighted by atomic mass is 10.2. The molecule has 4 nitrogen and oxygen atoms in total.